The van der Waals surface area contributed by atoms with Crippen LogP contribution in [0.1, 0.15) is 19.8 Å². The summed E-state index contributed by atoms with van der Waals surface area (Å²) in [5.74, 6) is -1.71. The van der Waals surface area contributed by atoms with Crippen LogP contribution in [0, 0.1) is 0 Å². The summed E-state index contributed by atoms with van der Waals surface area (Å²) >= 11 is 0. The van der Waals surface area contributed by atoms with Gasteiger partial charge in [-0.25, -0.2) is 0 Å². The average Bonchev–Trinajstić information content (AvgIpc) is 2.42. The van der Waals surface area contributed by atoms with Crippen molar-refractivity contribution < 1.29 is 14.7 Å². The van der Waals surface area contributed by atoms with E-state index in [2.05, 4.69) is 0 Å². The van der Waals surface area contributed by atoms with Crippen molar-refractivity contribution in [3.63, 3.8) is 0 Å². The van der Waals surface area contributed by atoms with Crippen LogP contribution in [0.15, 0.2) is 11.3 Å². The number of amides is 2. The second kappa shape index (κ2) is 4.13. The summed E-state index contributed by atoms with van der Waals surface area (Å²) in [4.78, 5) is 23.6. The quantitative estimate of drug-likeness (QED) is 0.663. The van der Waals surface area contributed by atoms with Crippen LogP contribution in [0.4, 0.5) is 0 Å². The van der Waals surface area contributed by atoms with Crippen LogP contribution in [-0.4, -0.2) is 34.9 Å². The summed E-state index contributed by atoms with van der Waals surface area (Å²) in [6.45, 7) is 2.69. The fraction of sp³-hybridized carbons (Fsp3) is 0.556. The molecule has 0 saturated heterocycles. The highest BCUT2D eigenvalue weighted by Crippen LogP contribution is 2.16. The number of hydrogen-bond donors (Lipinski definition) is 2. The molecule has 0 aromatic heterocycles. The lowest BCUT2D eigenvalue weighted by Gasteiger charge is -2.14. The average molecular weight is 198 g/mol. The highest BCUT2D eigenvalue weighted by atomic mass is 16.3. The zero-order valence-corrected chi connectivity index (χ0v) is 8.12. The molecule has 5 nitrogen and oxygen atoms in total. The molecule has 0 bridgehead atoms. The monoisotopic (exact) mass is 198 g/mol. The predicted molar refractivity (Wildman–Crippen MR) is 50.3 cm³/mol. The summed E-state index contributed by atoms with van der Waals surface area (Å²) in [5.41, 5.74) is 5.03. The number of nitrogens with zero attached hydrogens (tertiary/aromatic N) is 1. The number of unbranched alkanes of at least 4 members (excludes halogenated alkanes) is 1. The molecule has 0 aromatic carbocycles. The molecule has 0 fully saturated rings. The summed E-state index contributed by atoms with van der Waals surface area (Å²) < 4.78 is 0. The molecule has 1 aliphatic heterocycles. The summed E-state index contributed by atoms with van der Waals surface area (Å²) in [6, 6.07) is 0. The number of aliphatic hydroxyl groups is 1. The third-order valence-electron chi connectivity index (χ3n) is 2.20. The maximum Gasteiger partial charge on any atom is 0.289 e. The van der Waals surface area contributed by atoms with E-state index in [1.54, 1.807) is 0 Å². The van der Waals surface area contributed by atoms with Gasteiger partial charge in [0.1, 0.15) is 0 Å². The van der Waals surface area contributed by atoms with E-state index in [4.69, 9.17) is 5.73 Å². The number of nitrogens with two attached hydrogens (primary N) is 1. The summed E-state index contributed by atoms with van der Waals surface area (Å²) in [5, 5.41) is 9.29. The van der Waals surface area contributed by atoms with E-state index in [0.717, 1.165) is 12.8 Å². The van der Waals surface area contributed by atoms with Gasteiger partial charge < -0.3 is 15.7 Å². The first-order valence-corrected chi connectivity index (χ1v) is 4.59. The van der Waals surface area contributed by atoms with Crippen LogP contribution in [0.5, 0.6) is 0 Å². The lowest BCUT2D eigenvalue weighted by Crippen LogP contribution is -2.29. The number of aliphatic hydroxyl groups excluding tert-OH is 1. The second-order valence-corrected chi connectivity index (χ2v) is 3.27. The van der Waals surface area contributed by atoms with Gasteiger partial charge >= 0.3 is 0 Å². The first-order valence-electron chi connectivity index (χ1n) is 4.59. The molecule has 0 unspecified atom stereocenters. The maximum absolute atomic E-state index is 11.3. The van der Waals surface area contributed by atoms with Gasteiger partial charge in [0.05, 0.1) is 12.1 Å². The number of carbonyl (C=O) groups is 2. The van der Waals surface area contributed by atoms with Gasteiger partial charge in [-0.2, -0.15) is 0 Å². The minimum Gasteiger partial charge on any atom is -0.503 e. The molecule has 0 radical (unpaired) electrons. The molecule has 0 aliphatic carbocycles. The highest BCUT2D eigenvalue weighted by molar-refractivity contribution is 6.06. The Labute approximate surface area is 82.2 Å². The number of carbonyl (C=O) groups excluding carboxylic acids is 2. The SMILES string of the molecule is CCCCN1CC(C(N)=O)=C(O)C1=O. The van der Waals surface area contributed by atoms with Crippen molar-refractivity contribution >= 4 is 11.8 Å². The van der Waals surface area contributed by atoms with E-state index in [1.165, 1.54) is 4.90 Å². The van der Waals surface area contributed by atoms with Crippen LogP contribution in [-0.2, 0) is 9.59 Å². The molecule has 78 valence electrons. The molecule has 1 rings (SSSR count). The largest absolute Gasteiger partial charge is 0.503 e. The van der Waals surface area contributed by atoms with Gasteiger partial charge in [0, 0.05) is 6.54 Å². The smallest absolute Gasteiger partial charge is 0.289 e. The molecule has 2 amide bonds. The molecule has 0 aromatic rings. The van der Waals surface area contributed by atoms with E-state index in [-0.39, 0.29) is 12.1 Å². The Morgan fingerprint density at radius 2 is 2.29 bits per heavy atom. The van der Waals surface area contributed by atoms with E-state index in [1.807, 2.05) is 6.92 Å². The lowest BCUT2D eigenvalue weighted by atomic mass is 10.2. The van der Waals surface area contributed by atoms with Gasteiger partial charge in [-0.05, 0) is 6.42 Å². The molecule has 1 heterocycles. The third-order valence-corrected chi connectivity index (χ3v) is 2.20. The van der Waals surface area contributed by atoms with Crippen molar-refractivity contribution in [2.45, 2.75) is 19.8 Å². The molecule has 0 spiro atoms. The summed E-state index contributed by atoms with van der Waals surface area (Å²) in [7, 11) is 0. The zero-order valence-electron chi connectivity index (χ0n) is 8.12. The molecule has 1 aliphatic rings. The fourth-order valence-corrected chi connectivity index (χ4v) is 1.34. The van der Waals surface area contributed by atoms with Crippen LogP contribution in [0.25, 0.3) is 0 Å². The van der Waals surface area contributed by atoms with Gasteiger partial charge in [-0.3, -0.25) is 9.59 Å². The van der Waals surface area contributed by atoms with Crippen molar-refractivity contribution in [2.24, 2.45) is 5.73 Å². The Morgan fingerprint density at radius 1 is 1.64 bits per heavy atom. The van der Waals surface area contributed by atoms with Crippen LogP contribution in [0.3, 0.4) is 0 Å². The minimum atomic E-state index is -0.727. The van der Waals surface area contributed by atoms with Gasteiger partial charge in [0.2, 0.25) is 5.91 Å². The molecular weight excluding hydrogens is 184 g/mol. The Bertz CT molecular complexity index is 296. The normalized spacial score (nSPS) is 16.6. The van der Waals surface area contributed by atoms with Gasteiger partial charge in [0.25, 0.3) is 5.91 Å². The van der Waals surface area contributed by atoms with Crippen LogP contribution < -0.4 is 5.73 Å². The first kappa shape index (κ1) is 10.6. The number of primary amides is 1. The molecule has 14 heavy (non-hydrogen) atoms. The molecule has 0 atom stereocenters. The molecular formula is C9H14N2O3. The van der Waals surface area contributed by atoms with Crippen LogP contribution in [0.2, 0.25) is 0 Å². The van der Waals surface area contributed by atoms with Crippen molar-refractivity contribution in [3.8, 4) is 0 Å². The van der Waals surface area contributed by atoms with E-state index in [9.17, 15) is 14.7 Å². The van der Waals surface area contributed by atoms with Crippen molar-refractivity contribution in [1.29, 1.82) is 0 Å². The van der Waals surface area contributed by atoms with E-state index >= 15 is 0 Å². The van der Waals surface area contributed by atoms with Gasteiger partial charge in [-0.15, -0.1) is 0 Å². The Kier molecular flexibility index (Phi) is 3.11. The number of hydrogen-bond acceptors (Lipinski definition) is 3. The molecule has 3 N–H and O–H groups in total. The number of rotatable bonds is 4. The van der Waals surface area contributed by atoms with Gasteiger partial charge in [0.15, 0.2) is 5.76 Å². The lowest BCUT2D eigenvalue weighted by molar-refractivity contribution is -0.127. The van der Waals surface area contributed by atoms with Crippen molar-refractivity contribution in [3.05, 3.63) is 11.3 Å². The molecule has 5 heteroatoms. The highest BCUT2D eigenvalue weighted by Gasteiger charge is 2.32. The minimum absolute atomic E-state index is 0.0195. The zero-order chi connectivity index (χ0) is 10.7. The second-order valence-electron chi connectivity index (χ2n) is 3.27. The van der Waals surface area contributed by atoms with E-state index < -0.39 is 17.6 Å². The van der Waals surface area contributed by atoms with Crippen LogP contribution >= 0.6 is 0 Å². The summed E-state index contributed by atoms with van der Waals surface area (Å²) in [6.07, 6.45) is 1.81. The standard InChI is InChI=1S/C9H14N2O3/c1-2-3-4-11-5-6(8(10)13)7(12)9(11)14/h12H,2-5H2,1H3,(H2,10,13). The topological polar surface area (TPSA) is 83.6 Å². The van der Waals surface area contributed by atoms with Gasteiger partial charge in [-0.1, -0.05) is 13.3 Å². The first-order chi connectivity index (χ1) is 6.57. The third kappa shape index (κ3) is 1.86. The predicted octanol–water partition coefficient (Wildman–Crippen LogP) is -0.0739. The Morgan fingerprint density at radius 3 is 2.71 bits per heavy atom. The molecule has 0 saturated carbocycles. The maximum atomic E-state index is 11.3. The Balaban J connectivity index is 2.67. The van der Waals surface area contributed by atoms with Crippen molar-refractivity contribution in [1.82, 2.24) is 4.90 Å². The Hall–Kier alpha value is -1.52. The van der Waals surface area contributed by atoms with E-state index in [0.29, 0.717) is 6.54 Å². The fourth-order valence-electron chi connectivity index (χ4n) is 1.34. The van der Waals surface area contributed by atoms with Crippen molar-refractivity contribution in [2.75, 3.05) is 13.1 Å².